The van der Waals surface area contributed by atoms with Gasteiger partial charge in [0, 0.05) is 31.9 Å². The molecule has 1 N–H and O–H groups in total. The summed E-state index contributed by atoms with van der Waals surface area (Å²) in [4.78, 5) is 48.1. The van der Waals surface area contributed by atoms with Crippen molar-refractivity contribution in [1.82, 2.24) is 24.1 Å². The number of piperazine rings is 1. The molecule has 45 heavy (non-hydrogen) atoms. The van der Waals surface area contributed by atoms with Crippen LogP contribution >= 0.6 is 0 Å². The number of hydrogen-bond donors (Lipinski definition) is 1. The maximum Gasteiger partial charge on any atom is 0.416 e. The van der Waals surface area contributed by atoms with Crippen molar-refractivity contribution in [3.63, 3.8) is 0 Å². The minimum atomic E-state index is -4.50. The average Bonchev–Trinajstić information content (AvgIpc) is 3.44. The van der Waals surface area contributed by atoms with Gasteiger partial charge in [-0.25, -0.2) is 4.79 Å². The van der Waals surface area contributed by atoms with Gasteiger partial charge in [0.2, 0.25) is 11.7 Å². The summed E-state index contributed by atoms with van der Waals surface area (Å²) in [6.45, 7) is 9.15. The Morgan fingerprint density at radius 2 is 1.76 bits per heavy atom. The second-order valence-corrected chi connectivity index (χ2v) is 11.8. The van der Waals surface area contributed by atoms with Gasteiger partial charge >= 0.3 is 12.3 Å². The molecule has 0 aliphatic carbocycles. The van der Waals surface area contributed by atoms with E-state index in [4.69, 9.17) is 9.47 Å². The Bertz CT molecular complexity index is 1660. The van der Waals surface area contributed by atoms with Crippen LogP contribution in [0.5, 0.6) is 0 Å². The molecule has 4 heterocycles. The predicted octanol–water partition coefficient (Wildman–Crippen LogP) is 3.97. The van der Waals surface area contributed by atoms with Crippen molar-refractivity contribution in [2.24, 2.45) is 0 Å². The number of anilines is 2. The van der Waals surface area contributed by atoms with E-state index in [9.17, 15) is 27.6 Å². The number of aromatic nitrogens is 4. The molecule has 0 saturated carbocycles. The monoisotopic (exact) mass is 631 g/mol. The van der Waals surface area contributed by atoms with E-state index in [2.05, 4.69) is 15.4 Å². The zero-order valence-corrected chi connectivity index (χ0v) is 25.6. The maximum absolute atomic E-state index is 14.0. The van der Waals surface area contributed by atoms with Crippen LogP contribution in [0.25, 0.3) is 11.4 Å². The Kier molecular flexibility index (Phi) is 8.92. The van der Waals surface area contributed by atoms with E-state index >= 15 is 0 Å². The number of nitrogens with zero attached hydrogens (tertiary/aromatic N) is 6. The highest BCUT2D eigenvalue weighted by molar-refractivity contribution is 5.91. The summed E-state index contributed by atoms with van der Waals surface area (Å²) in [5, 5.41) is 7.18. The highest BCUT2D eigenvalue weighted by atomic mass is 19.4. The molecule has 15 heteroatoms. The van der Waals surface area contributed by atoms with Crippen molar-refractivity contribution in [1.29, 1.82) is 0 Å². The van der Waals surface area contributed by atoms with Gasteiger partial charge in [-0.1, -0.05) is 13.0 Å². The molecule has 0 radical (unpaired) electrons. The Morgan fingerprint density at radius 1 is 1.07 bits per heavy atom. The fourth-order valence-corrected chi connectivity index (χ4v) is 5.32. The van der Waals surface area contributed by atoms with Gasteiger partial charge < -0.3 is 29.2 Å². The van der Waals surface area contributed by atoms with Gasteiger partial charge in [0.15, 0.2) is 5.82 Å². The van der Waals surface area contributed by atoms with E-state index < -0.39 is 34.9 Å². The second kappa shape index (κ2) is 12.5. The molecule has 0 spiro atoms. The van der Waals surface area contributed by atoms with Crippen LogP contribution in [0.15, 0.2) is 35.1 Å². The number of hydrogen-bond acceptors (Lipinski definition) is 8. The number of alkyl halides is 3. The standard InChI is InChI=1S/C30H36F3N7O5/c1-5-22-24(37-12-14-38(15-13-37)28(43)45-29(2,3)4)26(42)40-27(35-25(36-40)19-10-16-44-17-11-19)39(22)18-23(41)34-21-8-6-20(7-9-21)30(31,32)33/h6-10H,5,11-18H2,1-4H3,(H,34,41). The van der Waals surface area contributed by atoms with Gasteiger partial charge in [-0.15, -0.1) is 5.10 Å². The lowest BCUT2D eigenvalue weighted by Gasteiger charge is -2.37. The fourth-order valence-electron chi connectivity index (χ4n) is 5.32. The Labute approximate surface area is 257 Å². The molecule has 0 atom stereocenters. The number of carbonyl (C=O) groups excluding carboxylic acids is 2. The molecule has 242 valence electrons. The number of amides is 2. The number of benzene rings is 1. The Morgan fingerprint density at radius 3 is 2.33 bits per heavy atom. The van der Waals surface area contributed by atoms with Crippen LogP contribution < -0.4 is 15.8 Å². The average molecular weight is 632 g/mol. The number of carbonyl (C=O) groups is 2. The Balaban J connectivity index is 1.49. The van der Waals surface area contributed by atoms with E-state index in [0.717, 1.165) is 17.7 Å². The third-order valence-corrected chi connectivity index (χ3v) is 7.46. The van der Waals surface area contributed by atoms with Crippen molar-refractivity contribution < 1.29 is 32.2 Å². The molecule has 1 saturated heterocycles. The van der Waals surface area contributed by atoms with Crippen LogP contribution in [0.3, 0.4) is 0 Å². The third kappa shape index (κ3) is 7.13. The topological polar surface area (TPSA) is 123 Å². The van der Waals surface area contributed by atoms with Gasteiger partial charge in [-0.3, -0.25) is 9.59 Å². The molecular weight excluding hydrogens is 595 g/mol. The lowest BCUT2D eigenvalue weighted by Crippen LogP contribution is -2.51. The first-order valence-electron chi connectivity index (χ1n) is 14.7. The van der Waals surface area contributed by atoms with Crippen LogP contribution in [-0.4, -0.2) is 81.1 Å². The molecule has 0 unspecified atom stereocenters. The zero-order valence-electron chi connectivity index (χ0n) is 25.6. The van der Waals surface area contributed by atoms with Crippen LogP contribution in [0, 0.1) is 0 Å². The number of fused-ring (bicyclic) bond motifs is 1. The van der Waals surface area contributed by atoms with Gasteiger partial charge in [0.25, 0.3) is 5.56 Å². The quantitative estimate of drug-likeness (QED) is 0.434. The minimum Gasteiger partial charge on any atom is -0.444 e. The first-order valence-corrected chi connectivity index (χ1v) is 14.7. The minimum absolute atomic E-state index is 0.165. The molecule has 0 bridgehead atoms. The molecule has 1 fully saturated rings. The predicted molar refractivity (Wildman–Crippen MR) is 160 cm³/mol. The van der Waals surface area contributed by atoms with E-state index in [1.807, 2.05) is 17.9 Å². The van der Waals surface area contributed by atoms with E-state index in [-0.39, 0.29) is 18.0 Å². The van der Waals surface area contributed by atoms with Gasteiger partial charge in [-0.05, 0) is 63.5 Å². The second-order valence-electron chi connectivity index (χ2n) is 11.8. The molecular formula is C30H36F3N7O5. The lowest BCUT2D eigenvalue weighted by atomic mass is 10.1. The van der Waals surface area contributed by atoms with Crippen molar-refractivity contribution >= 4 is 34.7 Å². The molecule has 2 aliphatic rings. The molecule has 3 aromatic rings. The largest absolute Gasteiger partial charge is 0.444 e. The molecule has 2 amide bonds. The molecule has 2 aromatic heterocycles. The highest BCUT2D eigenvalue weighted by Crippen LogP contribution is 2.30. The number of ether oxygens (including phenoxy) is 2. The van der Waals surface area contributed by atoms with Crippen molar-refractivity contribution in [2.75, 3.05) is 49.6 Å². The van der Waals surface area contributed by atoms with E-state index in [1.165, 1.54) is 16.6 Å². The Hall–Kier alpha value is -4.40. The first-order chi connectivity index (χ1) is 21.2. The lowest BCUT2D eigenvalue weighted by molar-refractivity contribution is -0.137. The van der Waals surface area contributed by atoms with Crippen molar-refractivity contribution in [3.05, 3.63) is 57.8 Å². The third-order valence-electron chi connectivity index (χ3n) is 7.46. The summed E-state index contributed by atoms with van der Waals surface area (Å²) < 4.78 is 52.8. The van der Waals surface area contributed by atoms with Crippen LogP contribution in [-0.2, 0) is 33.4 Å². The van der Waals surface area contributed by atoms with Gasteiger partial charge in [0.1, 0.15) is 17.8 Å². The highest BCUT2D eigenvalue weighted by Gasteiger charge is 2.32. The maximum atomic E-state index is 14.0. The number of rotatable bonds is 6. The van der Waals surface area contributed by atoms with E-state index in [1.54, 1.807) is 30.2 Å². The van der Waals surface area contributed by atoms with Crippen LogP contribution in [0.1, 0.15) is 51.2 Å². The fraction of sp³-hybridized carbons (Fsp3) is 0.500. The number of halogens is 3. The van der Waals surface area contributed by atoms with Gasteiger partial charge in [0.05, 0.1) is 24.5 Å². The van der Waals surface area contributed by atoms with Gasteiger partial charge in [-0.2, -0.15) is 22.7 Å². The summed E-state index contributed by atoms with van der Waals surface area (Å²) in [5.74, 6) is -0.00951. The van der Waals surface area contributed by atoms with Crippen molar-refractivity contribution in [3.8, 4) is 0 Å². The molecule has 5 rings (SSSR count). The number of nitrogens with one attached hydrogen (secondary N) is 1. The summed E-state index contributed by atoms with van der Waals surface area (Å²) in [6, 6.07) is 4.16. The van der Waals surface area contributed by atoms with Crippen LogP contribution in [0.2, 0.25) is 0 Å². The first kappa shape index (κ1) is 32.0. The SMILES string of the molecule is CCc1c(N2CCN(C(=O)OC(C)(C)C)CC2)c(=O)n2nc(C3=CCOCC3)nc2n1CC(=O)Nc1ccc(C(F)(F)F)cc1. The summed E-state index contributed by atoms with van der Waals surface area (Å²) in [5.41, 5.74) is 0.0127. The van der Waals surface area contributed by atoms with Crippen molar-refractivity contribution in [2.45, 2.75) is 58.9 Å². The summed E-state index contributed by atoms with van der Waals surface area (Å²) in [7, 11) is 0. The smallest absolute Gasteiger partial charge is 0.416 e. The summed E-state index contributed by atoms with van der Waals surface area (Å²) >= 11 is 0. The normalized spacial score (nSPS) is 16.1. The molecule has 1 aromatic carbocycles. The molecule has 12 nitrogen and oxygen atoms in total. The van der Waals surface area contributed by atoms with Crippen LogP contribution in [0.4, 0.5) is 29.3 Å². The zero-order chi connectivity index (χ0) is 32.5. The summed E-state index contributed by atoms with van der Waals surface area (Å²) in [6.07, 6.45) is -2.17. The molecule has 2 aliphatic heterocycles. The van der Waals surface area contributed by atoms with E-state index in [0.29, 0.717) is 69.4 Å².